The van der Waals surface area contributed by atoms with Crippen LogP contribution in [-0.2, 0) is 24.5 Å². The quantitative estimate of drug-likeness (QED) is 0.402. The lowest BCUT2D eigenvalue weighted by Crippen LogP contribution is -2.61. The second-order valence-electron chi connectivity index (χ2n) is 12.9. The van der Waals surface area contributed by atoms with E-state index in [9.17, 15) is 9.59 Å². The van der Waals surface area contributed by atoms with Crippen LogP contribution in [-0.4, -0.2) is 60.8 Å². The van der Waals surface area contributed by atoms with E-state index in [0.29, 0.717) is 48.6 Å². The first kappa shape index (κ1) is 28.5. The largest absolute Gasteiger partial charge is 0.382 e. The number of rotatable bonds is 5. The Balaban J connectivity index is 1.44. The second-order valence-corrected chi connectivity index (χ2v) is 13.7. The lowest BCUT2D eigenvalue weighted by molar-refractivity contribution is -0.126. The van der Waals surface area contributed by atoms with Crippen molar-refractivity contribution in [3.05, 3.63) is 57.6 Å². The fourth-order valence-electron chi connectivity index (χ4n) is 7.80. The average molecular weight is 621 g/mol. The Morgan fingerprint density at radius 3 is 2.74 bits per heavy atom. The molecule has 2 saturated heterocycles. The first-order valence-corrected chi connectivity index (χ1v) is 15.2. The zero-order chi connectivity index (χ0) is 30.6. The Morgan fingerprint density at radius 1 is 1.24 bits per heavy atom. The smallest absolute Gasteiger partial charge is 0.238 e. The van der Waals surface area contributed by atoms with Gasteiger partial charge in [0.15, 0.2) is 11.0 Å². The predicted molar refractivity (Wildman–Crippen MR) is 158 cm³/mol. The maximum atomic E-state index is 16.0. The van der Waals surface area contributed by atoms with E-state index in [1.807, 2.05) is 6.07 Å². The molecule has 3 fully saturated rings. The number of pyridine rings is 1. The Bertz CT molecular complexity index is 1410. The number of benzene rings is 1. The molecule has 2 spiro atoms. The third-order valence-electron chi connectivity index (χ3n) is 9.97. The van der Waals surface area contributed by atoms with E-state index >= 15 is 4.39 Å². The van der Waals surface area contributed by atoms with Crippen LogP contribution in [0.1, 0.15) is 70.8 Å². The molecule has 3 N–H and O–H groups in total. The van der Waals surface area contributed by atoms with Gasteiger partial charge in [0.25, 0.3) is 0 Å². The topological polar surface area (TPSA) is 102 Å². The summed E-state index contributed by atoms with van der Waals surface area (Å²) in [6, 6.07) is 5.60. The number of amides is 2. The third-order valence-corrected chi connectivity index (χ3v) is 10.5. The van der Waals surface area contributed by atoms with Crippen LogP contribution in [0, 0.1) is 11.2 Å². The van der Waals surface area contributed by atoms with Crippen LogP contribution in [0.15, 0.2) is 30.5 Å². The number of fused-ring (bicyclic) bond motifs is 3. The van der Waals surface area contributed by atoms with Gasteiger partial charge in [-0.3, -0.25) is 14.9 Å². The molecule has 226 valence electrons. The van der Waals surface area contributed by atoms with Gasteiger partial charge in [0.1, 0.15) is 5.41 Å². The summed E-state index contributed by atoms with van der Waals surface area (Å²) >= 11 is 12.6. The van der Waals surface area contributed by atoms with Crippen molar-refractivity contribution >= 4 is 40.7 Å². The summed E-state index contributed by atoms with van der Waals surface area (Å²) in [7, 11) is -0.131. The van der Waals surface area contributed by atoms with Gasteiger partial charge in [0, 0.05) is 35.4 Å². The van der Waals surface area contributed by atoms with Crippen molar-refractivity contribution in [3.8, 4) is 0 Å². The number of carbonyl (C=O) groups is 2. The third kappa shape index (κ3) is 4.72. The zero-order valence-corrected chi connectivity index (χ0v) is 25.3. The molecule has 0 unspecified atom stereocenters. The van der Waals surface area contributed by atoms with E-state index in [0.717, 1.165) is 12.8 Å². The number of aromatic nitrogens is 1. The summed E-state index contributed by atoms with van der Waals surface area (Å²) in [5, 5.41) is 10.0. The summed E-state index contributed by atoms with van der Waals surface area (Å²) in [5.74, 6) is -2.29. The van der Waals surface area contributed by atoms with Crippen LogP contribution in [0.3, 0.4) is 0 Å². The van der Waals surface area contributed by atoms with Gasteiger partial charge in [-0.25, -0.2) is 9.37 Å². The van der Waals surface area contributed by atoms with Gasteiger partial charge in [0.05, 0.1) is 32.8 Å². The average Bonchev–Trinajstić information content (AvgIpc) is 3.43. The second kappa shape index (κ2) is 11.0. The number of anilines is 1. The molecule has 6 rings (SSSR count). The number of nitrogens with zero attached hydrogens (tertiary/aromatic N) is 1. The van der Waals surface area contributed by atoms with Gasteiger partial charge in [-0.05, 0) is 73.3 Å². The molecule has 1 saturated carbocycles. The van der Waals surface area contributed by atoms with E-state index in [1.54, 1.807) is 12.1 Å². The molecular formula is C31H37Cl2FN4O4. The van der Waals surface area contributed by atoms with Gasteiger partial charge >= 0.3 is 0 Å². The van der Waals surface area contributed by atoms with E-state index in [4.69, 9.17) is 34.0 Å². The number of halogens is 3. The minimum Gasteiger partial charge on any atom is -0.382 e. The van der Waals surface area contributed by atoms with Gasteiger partial charge in [-0.15, -0.1) is 0 Å². The molecule has 1 aromatic carbocycles. The predicted octanol–water partition coefficient (Wildman–Crippen LogP) is 5.12. The number of ether oxygens (including phenoxy) is 2. The maximum absolute atomic E-state index is 16.0. The number of methoxy groups -OCH3 is 1. The van der Waals surface area contributed by atoms with Gasteiger partial charge in [-0.2, -0.15) is 0 Å². The molecule has 11 heteroatoms. The van der Waals surface area contributed by atoms with Crippen molar-refractivity contribution in [1.29, 1.82) is 0 Å². The summed E-state index contributed by atoms with van der Waals surface area (Å²) in [6.07, 6.45) is 5.47. The number of hydrogen-bond acceptors (Lipinski definition) is 6. The van der Waals surface area contributed by atoms with Crippen molar-refractivity contribution in [2.45, 2.75) is 87.4 Å². The maximum Gasteiger partial charge on any atom is 0.238 e. The lowest BCUT2D eigenvalue weighted by Gasteiger charge is -2.50. The van der Waals surface area contributed by atoms with E-state index < -0.39 is 28.7 Å². The molecule has 1 aromatic heterocycles. The monoisotopic (exact) mass is 619 g/mol. The minimum atomic E-state index is -1.32. The normalized spacial score (nSPS) is 31.5. The molecule has 42 heavy (non-hydrogen) atoms. The molecule has 2 amide bonds. The van der Waals surface area contributed by atoms with Crippen molar-refractivity contribution in [2.24, 2.45) is 5.41 Å². The van der Waals surface area contributed by atoms with Crippen LogP contribution in [0.5, 0.6) is 0 Å². The highest BCUT2D eigenvalue weighted by molar-refractivity contribution is 6.31. The Morgan fingerprint density at radius 2 is 2.02 bits per heavy atom. The number of hydrogen-bond donors (Lipinski definition) is 3. The number of carbonyl (C=O) groups excluding carboxylic acids is 2. The molecule has 4 heterocycles. The summed E-state index contributed by atoms with van der Waals surface area (Å²) in [6.45, 7) is 5.04. The fraction of sp³-hybridized carbons (Fsp3) is 0.581. The van der Waals surface area contributed by atoms with Gasteiger partial charge in [-0.1, -0.05) is 43.1 Å². The molecule has 4 aliphatic rings. The number of nitrogens with one attached hydrogen (secondary N) is 3. The Kier molecular flexibility index (Phi) is 7.46. The first-order chi connectivity index (χ1) is 20.5. The first-order valence-electron chi connectivity index (χ1n) is 15.2. The Labute approximate surface area is 256 Å². The van der Waals surface area contributed by atoms with Gasteiger partial charge < -0.3 is 20.1 Å². The lowest BCUT2D eigenvalue weighted by atomic mass is 9.53. The highest BCUT2D eigenvalue weighted by Gasteiger charge is 2.73. The van der Waals surface area contributed by atoms with E-state index in [-0.39, 0.29) is 53.8 Å². The van der Waals surface area contributed by atoms with Crippen LogP contribution >= 0.6 is 23.2 Å². The minimum absolute atomic E-state index is 0.0484. The summed E-state index contributed by atoms with van der Waals surface area (Å²) < 4.78 is 34.3. The molecular weight excluding hydrogens is 582 g/mol. The van der Waals surface area contributed by atoms with Crippen LogP contribution in [0.2, 0.25) is 10.2 Å². The highest BCUT2D eigenvalue weighted by Crippen LogP contribution is 2.64. The SMILES string of the molecule is [2H]COC[C@@H]1CC[C@@H](NC(=O)[C@@H]2NC3(CCC(C)(C)CC3)[C@@]3(C(=O)Nc4cc(Cl)ccc43)[C@H]2c2ccnc(Cl)c2F)CO1. The fourth-order valence-corrected chi connectivity index (χ4v) is 8.14. The zero-order valence-electron chi connectivity index (χ0n) is 24.8. The van der Waals surface area contributed by atoms with E-state index in [2.05, 4.69) is 34.8 Å². The molecule has 3 aliphatic heterocycles. The molecule has 0 bridgehead atoms. The molecule has 8 nitrogen and oxygen atoms in total. The molecule has 0 radical (unpaired) electrons. The van der Waals surface area contributed by atoms with Crippen LogP contribution in [0.25, 0.3) is 0 Å². The Hall–Kier alpha value is -2.30. The van der Waals surface area contributed by atoms with Crippen molar-refractivity contribution in [3.63, 3.8) is 0 Å². The van der Waals surface area contributed by atoms with E-state index in [1.165, 1.54) is 12.3 Å². The summed E-state index contributed by atoms with van der Waals surface area (Å²) in [4.78, 5) is 32.8. The van der Waals surface area contributed by atoms with Crippen molar-refractivity contribution in [1.82, 2.24) is 15.6 Å². The highest BCUT2D eigenvalue weighted by atomic mass is 35.5. The summed E-state index contributed by atoms with van der Waals surface area (Å²) in [5.41, 5.74) is -0.690. The van der Waals surface area contributed by atoms with Crippen LogP contribution in [0.4, 0.5) is 10.1 Å². The molecule has 1 aliphatic carbocycles. The molecule has 2 aromatic rings. The van der Waals surface area contributed by atoms with Gasteiger partial charge in [0.2, 0.25) is 11.8 Å². The molecule has 5 atom stereocenters. The van der Waals surface area contributed by atoms with Crippen LogP contribution < -0.4 is 16.0 Å². The van der Waals surface area contributed by atoms with Crippen molar-refractivity contribution in [2.75, 3.05) is 25.6 Å². The van der Waals surface area contributed by atoms with Crippen molar-refractivity contribution < 1.29 is 24.8 Å². The standard InChI is InChI=1S/C31H37Cl2FN4O4/c1-29(2)9-11-30(12-10-29)31(21-7-4-17(32)14-22(21)37-28(31)40)23(20-8-13-35-26(33)24(20)34)25(38-30)27(39)36-18-5-6-19(16-41-3)42-15-18/h4,7-8,13-14,18-19,23,25,38H,5-6,9-12,15-16H2,1-3H3,(H,36,39)(H,37,40)/t18-,19+,23+,25-,31-/m1/s1/i3D.